The minimum Gasteiger partial charge on any atom is -0.496 e. The van der Waals surface area contributed by atoms with Gasteiger partial charge in [0.15, 0.2) is 0 Å². The van der Waals surface area contributed by atoms with Crippen LogP contribution >= 0.6 is 0 Å². The number of hydrogen-bond donors (Lipinski definition) is 1. The van der Waals surface area contributed by atoms with Gasteiger partial charge in [-0.25, -0.2) is 8.42 Å². The normalized spacial score (nSPS) is 16.4. The van der Waals surface area contributed by atoms with E-state index in [4.69, 9.17) is 4.74 Å². The van der Waals surface area contributed by atoms with Crippen LogP contribution in [0.1, 0.15) is 23.6 Å². The van der Waals surface area contributed by atoms with Crippen molar-refractivity contribution >= 4 is 31.4 Å². The van der Waals surface area contributed by atoms with E-state index in [0.29, 0.717) is 28.3 Å². The number of hydrogen-bond acceptors (Lipinski definition) is 6. The van der Waals surface area contributed by atoms with E-state index >= 15 is 0 Å². The zero-order valence-corrected chi connectivity index (χ0v) is 19.7. The van der Waals surface area contributed by atoms with Crippen molar-refractivity contribution < 1.29 is 21.6 Å². The predicted octanol–water partition coefficient (Wildman–Crippen LogP) is 3.61. The summed E-state index contributed by atoms with van der Waals surface area (Å²) in [5, 5.41) is 4.51. The Bertz CT molecular complexity index is 1400. The molecule has 0 unspecified atom stereocenters. The first-order chi connectivity index (χ1) is 15.7. The topological polar surface area (TPSA) is 105 Å². The van der Waals surface area contributed by atoms with Crippen molar-refractivity contribution in [3.05, 3.63) is 90.0 Å². The van der Waals surface area contributed by atoms with Crippen molar-refractivity contribution in [1.82, 2.24) is 4.41 Å². The standard InChI is InChI=1S/C23H23N3O5S2/c1-31-23-14-7-6-13-20(23)22-16-21(17-9-8-10-18(15-17)25-32(2,27)28)24-26(22)33(29,30)19-11-4-3-5-12-19/h3-15,22,25H,16H2,1-2H3/t22-/m1/s1. The molecule has 0 fully saturated rings. The molecule has 8 nitrogen and oxygen atoms in total. The first kappa shape index (κ1) is 22.8. The van der Waals surface area contributed by atoms with Gasteiger partial charge < -0.3 is 4.74 Å². The van der Waals surface area contributed by atoms with Crippen molar-refractivity contribution in [1.29, 1.82) is 0 Å². The highest BCUT2D eigenvalue weighted by molar-refractivity contribution is 7.92. The van der Waals surface area contributed by atoms with Crippen LogP contribution in [0.4, 0.5) is 5.69 Å². The molecule has 3 aromatic carbocycles. The lowest BCUT2D eigenvalue weighted by Gasteiger charge is -2.24. The van der Waals surface area contributed by atoms with Gasteiger partial charge in [-0.1, -0.05) is 48.5 Å². The number of nitrogens with zero attached hydrogens (tertiary/aromatic N) is 2. The van der Waals surface area contributed by atoms with Gasteiger partial charge in [-0.2, -0.15) is 17.9 Å². The van der Waals surface area contributed by atoms with Crippen LogP contribution in [0.5, 0.6) is 5.75 Å². The van der Waals surface area contributed by atoms with Gasteiger partial charge in [-0.05, 0) is 35.9 Å². The summed E-state index contributed by atoms with van der Waals surface area (Å²) in [4.78, 5) is 0.127. The van der Waals surface area contributed by atoms with Crippen molar-refractivity contribution in [3.63, 3.8) is 0 Å². The summed E-state index contributed by atoms with van der Waals surface area (Å²) >= 11 is 0. The Morgan fingerprint density at radius 3 is 2.33 bits per heavy atom. The van der Waals surface area contributed by atoms with Crippen LogP contribution in [-0.4, -0.2) is 40.3 Å². The fraction of sp³-hybridized carbons (Fsp3) is 0.174. The molecule has 0 radical (unpaired) electrons. The predicted molar refractivity (Wildman–Crippen MR) is 127 cm³/mol. The summed E-state index contributed by atoms with van der Waals surface area (Å²) in [6.45, 7) is 0. The molecule has 0 spiro atoms. The summed E-state index contributed by atoms with van der Waals surface area (Å²) < 4.78 is 59.4. The molecular weight excluding hydrogens is 462 g/mol. The van der Waals surface area contributed by atoms with Gasteiger partial charge in [-0.15, -0.1) is 0 Å². The molecule has 10 heteroatoms. The summed E-state index contributed by atoms with van der Waals surface area (Å²) in [5.41, 5.74) is 2.19. The first-order valence-electron chi connectivity index (χ1n) is 10.1. The van der Waals surface area contributed by atoms with Crippen molar-refractivity contribution in [3.8, 4) is 5.75 Å². The van der Waals surface area contributed by atoms with Crippen LogP contribution in [0.15, 0.2) is 88.9 Å². The lowest BCUT2D eigenvalue weighted by atomic mass is 9.98. The minimum atomic E-state index is -3.96. The summed E-state index contributed by atoms with van der Waals surface area (Å²) in [6, 6.07) is 21.4. The highest BCUT2D eigenvalue weighted by Crippen LogP contribution is 2.40. The number of anilines is 1. The van der Waals surface area contributed by atoms with E-state index < -0.39 is 26.1 Å². The second kappa shape index (κ2) is 8.87. The molecule has 0 amide bonds. The van der Waals surface area contributed by atoms with Gasteiger partial charge in [0.1, 0.15) is 5.75 Å². The van der Waals surface area contributed by atoms with Crippen LogP contribution in [0.25, 0.3) is 0 Å². The molecule has 0 aromatic heterocycles. The second-order valence-corrected chi connectivity index (χ2v) is 11.1. The van der Waals surface area contributed by atoms with Crippen molar-refractivity contribution in [2.75, 3.05) is 18.1 Å². The fourth-order valence-corrected chi connectivity index (χ4v) is 5.74. The monoisotopic (exact) mass is 485 g/mol. The van der Waals surface area contributed by atoms with Crippen LogP contribution in [0, 0.1) is 0 Å². The number of hydrazone groups is 1. The number of methoxy groups -OCH3 is 1. The molecule has 0 saturated carbocycles. The molecule has 33 heavy (non-hydrogen) atoms. The Morgan fingerprint density at radius 2 is 1.64 bits per heavy atom. The highest BCUT2D eigenvalue weighted by atomic mass is 32.2. The van der Waals surface area contributed by atoms with Crippen LogP contribution in [0.2, 0.25) is 0 Å². The zero-order valence-electron chi connectivity index (χ0n) is 18.0. The van der Waals surface area contributed by atoms with Crippen LogP contribution < -0.4 is 9.46 Å². The maximum absolute atomic E-state index is 13.5. The van der Waals surface area contributed by atoms with Gasteiger partial charge in [0, 0.05) is 17.7 Å². The average Bonchev–Trinajstić information content (AvgIpc) is 3.25. The summed E-state index contributed by atoms with van der Waals surface area (Å²) in [7, 11) is -5.89. The number of benzene rings is 3. The highest BCUT2D eigenvalue weighted by Gasteiger charge is 2.39. The average molecular weight is 486 g/mol. The molecule has 0 saturated heterocycles. The van der Waals surface area contributed by atoms with Gasteiger partial charge in [0.25, 0.3) is 10.0 Å². The van der Waals surface area contributed by atoms with Gasteiger partial charge in [0.05, 0.1) is 30.0 Å². The quantitative estimate of drug-likeness (QED) is 0.550. The Kier molecular flexibility index (Phi) is 6.13. The maximum Gasteiger partial charge on any atom is 0.279 e. The number of nitrogens with one attached hydrogen (secondary N) is 1. The lowest BCUT2D eigenvalue weighted by molar-refractivity contribution is 0.350. The van der Waals surface area contributed by atoms with Gasteiger partial charge in [-0.3, -0.25) is 4.72 Å². The Morgan fingerprint density at radius 1 is 0.939 bits per heavy atom. The molecule has 1 aliphatic rings. The van der Waals surface area contributed by atoms with Gasteiger partial charge in [0.2, 0.25) is 10.0 Å². The number of sulfonamides is 2. The molecule has 3 aromatic rings. The number of ether oxygens (including phenoxy) is 1. The molecule has 1 atom stereocenters. The SMILES string of the molecule is COc1ccccc1[C@H]1CC(c2cccc(NS(C)(=O)=O)c2)=NN1S(=O)(=O)c1ccccc1. The minimum absolute atomic E-state index is 0.127. The van der Waals surface area contributed by atoms with Crippen LogP contribution in [0.3, 0.4) is 0 Å². The van der Waals surface area contributed by atoms with Gasteiger partial charge >= 0.3 is 0 Å². The third-order valence-electron chi connectivity index (χ3n) is 5.16. The van der Waals surface area contributed by atoms with E-state index in [1.807, 2.05) is 18.2 Å². The number of para-hydroxylation sites is 1. The van der Waals surface area contributed by atoms with E-state index in [9.17, 15) is 16.8 Å². The van der Waals surface area contributed by atoms with Crippen molar-refractivity contribution in [2.24, 2.45) is 5.10 Å². The Hall–Kier alpha value is -3.37. The smallest absolute Gasteiger partial charge is 0.279 e. The molecule has 1 N–H and O–H groups in total. The van der Waals surface area contributed by atoms with E-state index in [1.165, 1.54) is 19.2 Å². The fourth-order valence-electron chi connectivity index (χ4n) is 3.73. The second-order valence-electron chi connectivity index (χ2n) is 7.55. The number of rotatable bonds is 7. The van der Waals surface area contributed by atoms with E-state index in [1.54, 1.807) is 48.5 Å². The summed E-state index contributed by atoms with van der Waals surface area (Å²) in [5.74, 6) is 0.555. The van der Waals surface area contributed by atoms with Crippen molar-refractivity contribution in [2.45, 2.75) is 17.4 Å². The van der Waals surface area contributed by atoms with E-state index in [0.717, 1.165) is 10.7 Å². The largest absolute Gasteiger partial charge is 0.496 e. The molecule has 4 rings (SSSR count). The molecule has 0 aliphatic carbocycles. The lowest BCUT2D eigenvalue weighted by Crippen LogP contribution is -2.27. The Labute approximate surface area is 193 Å². The summed E-state index contributed by atoms with van der Waals surface area (Å²) in [6.07, 6.45) is 1.35. The molecule has 1 heterocycles. The third-order valence-corrected chi connectivity index (χ3v) is 7.46. The zero-order chi connectivity index (χ0) is 23.6. The Balaban J connectivity index is 1.81. The molecular formula is C23H23N3O5S2. The van der Waals surface area contributed by atoms with E-state index in [2.05, 4.69) is 9.82 Å². The molecule has 172 valence electrons. The molecule has 1 aliphatic heterocycles. The maximum atomic E-state index is 13.5. The van der Waals surface area contributed by atoms with E-state index in [-0.39, 0.29) is 11.3 Å². The first-order valence-corrected chi connectivity index (χ1v) is 13.4. The third kappa shape index (κ3) is 4.86. The molecule has 0 bridgehead atoms. The van der Waals surface area contributed by atoms with Crippen LogP contribution in [-0.2, 0) is 20.0 Å².